The molecule has 0 aliphatic heterocycles. The van der Waals surface area contributed by atoms with Gasteiger partial charge in [0.2, 0.25) is 0 Å². The minimum absolute atomic E-state index is 0.0257. The lowest BCUT2D eigenvalue weighted by Gasteiger charge is -2.02. The van der Waals surface area contributed by atoms with E-state index in [0.717, 1.165) is 0 Å². The van der Waals surface area contributed by atoms with Crippen molar-refractivity contribution >= 4 is 17.3 Å². The molecule has 1 aromatic rings. The lowest BCUT2D eigenvalue weighted by atomic mass is 10.1. The summed E-state index contributed by atoms with van der Waals surface area (Å²) < 4.78 is 0. The third-order valence-electron chi connectivity index (χ3n) is 1.73. The lowest BCUT2D eigenvalue weighted by molar-refractivity contribution is -0.385. The molecular formula is C8H8ClNO3. The first-order valence-corrected chi connectivity index (χ1v) is 3.98. The van der Waals surface area contributed by atoms with Gasteiger partial charge in [-0.1, -0.05) is 11.6 Å². The minimum atomic E-state index is -0.498. The van der Waals surface area contributed by atoms with Crippen LogP contribution in [0.3, 0.4) is 0 Å². The average Bonchev–Trinajstić information content (AvgIpc) is 2.07. The fourth-order valence-corrected chi connectivity index (χ4v) is 1.27. The Morgan fingerprint density at radius 3 is 2.69 bits per heavy atom. The zero-order chi connectivity index (χ0) is 10.0. The molecule has 5 heteroatoms. The number of aliphatic hydroxyl groups is 1. The normalized spacial score (nSPS) is 10.1. The largest absolute Gasteiger partial charge is 0.392 e. The molecule has 0 heterocycles. The van der Waals surface area contributed by atoms with Gasteiger partial charge in [0.15, 0.2) is 0 Å². The number of nitrogens with zero attached hydrogens (tertiary/aromatic N) is 1. The summed E-state index contributed by atoms with van der Waals surface area (Å²) in [6, 6.07) is 2.77. The number of aryl methyl sites for hydroxylation is 1. The highest BCUT2D eigenvalue weighted by atomic mass is 35.5. The van der Waals surface area contributed by atoms with Gasteiger partial charge in [-0.05, 0) is 18.6 Å². The summed E-state index contributed by atoms with van der Waals surface area (Å²) >= 11 is 5.68. The fourth-order valence-electron chi connectivity index (χ4n) is 1.05. The molecule has 0 amide bonds. The predicted octanol–water partition coefficient (Wildman–Crippen LogP) is 2.05. The molecule has 13 heavy (non-hydrogen) atoms. The van der Waals surface area contributed by atoms with Crippen LogP contribution in [0.25, 0.3) is 0 Å². The molecule has 1 N–H and O–H groups in total. The van der Waals surface area contributed by atoms with Crippen molar-refractivity contribution in [2.24, 2.45) is 0 Å². The number of benzene rings is 1. The molecule has 0 radical (unpaired) electrons. The monoisotopic (exact) mass is 201 g/mol. The van der Waals surface area contributed by atoms with Crippen molar-refractivity contribution in [2.75, 3.05) is 0 Å². The van der Waals surface area contributed by atoms with Gasteiger partial charge in [-0.2, -0.15) is 0 Å². The van der Waals surface area contributed by atoms with E-state index < -0.39 is 4.92 Å². The van der Waals surface area contributed by atoms with Crippen molar-refractivity contribution in [3.63, 3.8) is 0 Å². The standard InChI is InChI=1S/C8H8ClNO3/c1-5-2-6(4-11)7(9)3-8(5)10(12)13/h2-3,11H,4H2,1H3. The van der Waals surface area contributed by atoms with Gasteiger partial charge < -0.3 is 5.11 Å². The maximum absolute atomic E-state index is 10.5. The van der Waals surface area contributed by atoms with E-state index in [1.54, 1.807) is 6.92 Å². The summed E-state index contributed by atoms with van der Waals surface area (Å²) in [7, 11) is 0. The molecule has 0 saturated carbocycles. The van der Waals surface area contributed by atoms with Crippen molar-refractivity contribution in [1.82, 2.24) is 0 Å². The van der Waals surface area contributed by atoms with Crippen LogP contribution in [0.2, 0.25) is 5.02 Å². The van der Waals surface area contributed by atoms with Gasteiger partial charge >= 0.3 is 0 Å². The van der Waals surface area contributed by atoms with Crippen molar-refractivity contribution in [3.05, 3.63) is 38.4 Å². The first-order chi connectivity index (χ1) is 6.06. The van der Waals surface area contributed by atoms with E-state index in [2.05, 4.69) is 0 Å². The van der Waals surface area contributed by atoms with Gasteiger partial charge in [0.1, 0.15) is 0 Å². The summed E-state index contributed by atoms with van der Waals surface area (Å²) in [6.45, 7) is 1.39. The molecule has 0 atom stereocenters. The number of hydrogen-bond acceptors (Lipinski definition) is 3. The number of aliphatic hydroxyl groups excluding tert-OH is 1. The number of rotatable bonds is 2. The molecule has 0 aliphatic rings. The smallest absolute Gasteiger partial charge is 0.273 e. The second-order valence-corrected chi connectivity index (χ2v) is 3.05. The maximum atomic E-state index is 10.5. The van der Waals surface area contributed by atoms with Crippen LogP contribution in [0.5, 0.6) is 0 Å². The highest BCUT2D eigenvalue weighted by Gasteiger charge is 2.13. The van der Waals surface area contributed by atoms with Crippen LogP contribution in [0, 0.1) is 17.0 Å². The van der Waals surface area contributed by atoms with Crippen molar-refractivity contribution in [3.8, 4) is 0 Å². The van der Waals surface area contributed by atoms with E-state index >= 15 is 0 Å². The zero-order valence-electron chi connectivity index (χ0n) is 6.95. The van der Waals surface area contributed by atoms with E-state index in [-0.39, 0.29) is 17.3 Å². The quantitative estimate of drug-likeness (QED) is 0.588. The summed E-state index contributed by atoms with van der Waals surface area (Å²) in [5.41, 5.74) is 0.977. The molecular weight excluding hydrogens is 194 g/mol. The van der Waals surface area contributed by atoms with E-state index in [9.17, 15) is 10.1 Å². The Labute approximate surface area is 79.9 Å². The zero-order valence-corrected chi connectivity index (χ0v) is 7.71. The first kappa shape index (κ1) is 9.95. The van der Waals surface area contributed by atoms with E-state index in [4.69, 9.17) is 16.7 Å². The SMILES string of the molecule is Cc1cc(CO)c(Cl)cc1[N+](=O)[O-]. The Balaban J connectivity index is 3.28. The van der Waals surface area contributed by atoms with Gasteiger partial charge in [-0.25, -0.2) is 0 Å². The average molecular weight is 202 g/mol. The van der Waals surface area contributed by atoms with Gasteiger partial charge in [-0.3, -0.25) is 10.1 Å². The molecule has 70 valence electrons. The Hall–Kier alpha value is -1.13. The minimum Gasteiger partial charge on any atom is -0.392 e. The van der Waals surface area contributed by atoms with Crippen molar-refractivity contribution in [1.29, 1.82) is 0 Å². The molecule has 0 aromatic heterocycles. The molecule has 0 bridgehead atoms. The molecule has 0 aliphatic carbocycles. The van der Waals surface area contributed by atoms with E-state index in [0.29, 0.717) is 11.1 Å². The number of nitro groups is 1. The molecule has 0 fully saturated rings. The summed E-state index contributed by atoms with van der Waals surface area (Å²) in [6.07, 6.45) is 0. The highest BCUT2D eigenvalue weighted by molar-refractivity contribution is 6.31. The third-order valence-corrected chi connectivity index (χ3v) is 2.08. The summed E-state index contributed by atoms with van der Waals surface area (Å²) in [4.78, 5) is 9.96. The molecule has 0 spiro atoms. The van der Waals surface area contributed by atoms with Gasteiger partial charge in [-0.15, -0.1) is 0 Å². The Morgan fingerprint density at radius 1 is 1.62 bits per heavy atom. The summed E-state index contributed by atoms with van der Waals surface area (Å²) in [5.74, 6) is 0. The fraction of sp³-hybridized carbons (Fsp3) is 0.250. The van der Waals surface area contributed by atoms with Crippen LogP contribution >= 0.6 is 11.6 Å². The third kappa shape index (κ3) is 1.96. The number of halogens is 1. The second-order valence-electron chi connectivity index (χ2n) is 2.65. The van der Waals surface area contributed by atoms with Crippen LogP contribution in [-0.2, 0) is 6.61 Å². The lowest BCUT2D eigenvalue weighted by Crippen LogP contribution is -1.94. The second kappa shape index (κ2) is 3.72. The van der Waals surface area contributed by atoms with Gasteiger partial charge in [0, 0.05) is 11.6 Å². The Kier molecular flexibility index (Phi) is 2.85. The van der Waals surface area contributed by atoms with Crippen molar-refractivity contribution in [2.45, 2.75) is 13.5 Å². The summed E-state index contributed by atoms with van der Waals surface area (Å²) in [5, 5.41) is 19.5. The van der Waals surface area contributed by atoms with Crippen molar-refractivity contribution < 1.29 is 10.0 Å². The highest BCUT2D eigenvalue weighted by Crippen LogP contribution is 2.26. The van der Waals surface area contributed by atoms with E-state index in [1.165, 1.54) is 12.1 Å². The van der Waals surface area contributed by atoms with Crippen LogP contribution < -0.4 is 0 Å². The van der Waals surface area contributed by atoms with Crippen LogP contribution in [0.4, 0.5) is 5.69 Å². The maximum Gasteiger partial charge on any atom is 0.273 e. The van der Waals surface area contributed by atoms with Crippen LogP contribution in [0.15, 0.2) is 12.1 Å². The van der Waals surface area contributed by atoms with Gasteiger partial charge in [0.25, 0.3) is 5.69 Å². The Morgan fingerprint density at radius 2 is 2.23 bits per heavy atom. The van der Waals surface area contributed by atoms with Crippen LogP contribution in [-0.4, -0.2) is 10.0 Å². The molecule has 0 saturated heterocycles. The molecule has 1 aromatic carbocycles. The molecule has 4 nitrogen and oxygen atoms in total. The van der Waals surface area contributed by atoms with E-state index in [1.807, 2.05) is 0 Å². The number of nitro benzene ring substituents is 1. The molecule has 1 rings (SSSR count). The first-order valence-electron chi connectivity index (χ1n) is 3.60. The predicted molar refractivity (Wildman–Crippen MR) is 48.8 cm³/mol. The van der Waals surface area contributed by atoms with Gasteiger partial charge in [0.05, 0.1) is 16.6 Å². The number of hydrogen-bond donors (Lipinski definition) is 1. The Bertz CT molecular complexity index is 351. The van der Waals surface area contributed by atoms with Crippen LogP contribution in [0.1, 0.15) is 11.1 Å². The topological polar surface area (TPSA) is 63.4 Å². The molecule has 0 unspecified atom stereocenters.